The van der Waals surface area contributed by atoms with Gasteiger partial charge in [0.05, 0.1) is 17.6 Å². The van der Waals surface area contributed by atoms with Gasteiger partial charge in [0.2, 0.25) is 5.82 Å². The minimum Gasteiger partial charge on any atom is -0.325 e. The number of hydrogen-bond donors (Lipinski definition) is 2. The molecule has 34 heavy (non-hydrogen) atoms. The lowest BCUT2D eigenvalue weighted by molar-refractivity contribution is -0.183. The van der Waals surface area contributed by atoms with Gasteiger partial charge >= 0.3 is 12.2 Å². The maximum Gasteiger partial charge on any atom is 0.391 e. The van der Waals surface area contributed by atoms with Crippen molar-refractivity contribution in [1.82, 2.24) is 35.3 Å². The molecule has 1 aliphatic heterocycles. The molecule has 0 aliphatic carbocycles. The van der Waals surface area contributed by atoms with Crippen molar-refractivity contribution >= 4 is 22.6 Å². The quantitative estimate of drug-likeness (QED) is 0.466. The minimum absolute atomic E-state index is 0.0525. The molecule has 0 atom stereocenters. The second kappa shape index (κ2) is 8.43. The van der Waals surface area contributed by atoms with Crippen LogP contribution in [0.5, 0.6) is 0 Å². The van der Waals surface area contributed by atoms with Crippen molar-refractivity contribution in [1.29, 1.82) is 0 Å². The summed E-state index contributed by atoms with van der Waals surface area (Å²) < 4.78 is 40.5. The summed E-state index contributed by atoms with van der Waals surface area (Å²) in [5.74, 6) is -1.01. The van der Waals surface area contributed by atoms with Crippen molar-refractivity contribution < 1.29 is 18.0 Å². The number of carbonyl (C=O) groups excluding carboxylic acids is 1. The average molecular weight is 470 g/mol. The topological polar surface area (TPSA) is 105 Å². The Morgan fingerprint density at radius 2 is 1.91 bits per heavy atom. The smallest absolute Gasteiger partial charge is 0.325 e. The number of fused-ring (bicyclic) bond motifs is 1. The molecule has 0 bridgehead atoms. The number of carbonyl (C=O) groups is 1. The monoisotopic (exact) mass is 470 g/mol. The largest absolute Gasteiger partial charge is 0.391 e. The summed E-state index contributed by atoms with van der Waals surface area (Å²) in [7, 11) is 1.87. The lowest BCUT2D eigenvalue weighted by Gasteiger charge is -2.32. The molecule has 2 amide bonds. The molecule has 1 aliphatic rings. The highest BCUT2D eigenvalue weighted by Crippen LogP contribution is 2.35. The first kappa shape index (κ1) is 21.9. The molecule has 12 heteroatoms. The third kappa shape index (κ3) is 4.18. The fraction of sp³-hybridized carbons (Fsp3) is 0.318. The number of tetrazole rings is 1. The lowest BCUT2D eigenvalue weighted by Crippen LogP contribution is -2.43. The van der Waals surface area contributed by atoms with E-state index >= 15 is 0 Å². The highest BCUT2D eigenvalue weighted by molar-refractivity contribution is 5.93. The number of nitrogens with zero attached hydrogens (tertiary/aromatic N) is 6. The van der Waals surface area contributed by atoms with Gasteiger partial charge in [-0.1, -0.05) is 12.1 Å². The molecule has 4 aromatic rings. The maximum absolute atomic E-state index is 12.9. The SMILES string of the molecule is Cn1ncc2cc(-c3ccc(NC(=O)N4CCC(C(F)(F)F)CC4)cc3-c3nn[nH]n3)ccc21. The van der Waals surface area contributed by atoms with Gasteiger partial charge in [0.15, 0.2) is 0 Å². The molecular formula is C22H21F3N8O. The number of H-pyrrole nitrogens is 1. The number of aromatic amines is 1. The zero-order valence-electron chi connectivity index (χ0n) is 18.2. The standard InChI is InChI=1S/C22H21F3N8O/c1-32-19-5-2-13(10-14(19)12-26-32)17-4-3-16(11-18(17)20-28-30-31-29-20)27-21(34)33-8-6-15(7-9-33)22(23,24)25/h2-5,10-12,15H,6-9H2,1H3,(H,27,34)(H,28,29,30,31). The second-order valence-corrected chi connectivity index (χ2v) is 8.27. The van der Waals surface area contributed by atoms with Crippen LogP contribution in [0.2, 0.25) is 0 Å². The lowest BCUT2D eigenvalue weighted by atomic mass is 9.96. The van der Waals surface area contributed by atoms with Crippen molar-refractivity contribution in [2.45, 2.75) is 19.0 Å². The molecule has 176 valence electrons. The number of urea groups is 1. The number of aromatic nitrogens is 6. The number of amides is 2. The van der Waals surface area contributed by atoms with Crippen LogP contribution in [0.4, 0.5) is 23.7 Å². The van der Waals surface area contributed by atoms with Crippen molar-refractivity contribution in [2.24, 2.45) is 13.0 Å². The van der Waals surface area contributed by atoms with E-state index in [1.165, 1.54) is 4.90 Å². The third-order valence-electron chi connectivity index (χ3n) is 6.16. The molecule has 1 fully saturated rings. The van der Waals surface area contributed by atoms with Crippen LogP contribution in [0.3, 0.4) is 0 Å². The average Bonchev–Trinajstić information content (AvgIpc) is 3.49. The Morgan fingerprint density at radius 1 is 1.12 bits per heavy atom. The summed E-state index contributed by atoms with van der Waals surface area (Å²) >= 11 is 0. The summed E-state index contributed by atoms with van der Waals surface area (Å²) in [6, 6.07) is 10.8. The number of hydrogen-bond acceptors (Lipinski definition) is 5. The van der Waals surface area contributed by atoms with E-state index in [1.807, 2.05) is 31.3 Å². The maximum atomic E-state index is 12.9. The molecule has 2 aromatic carbocycles. The zero-order valence-corrected chi connectivity index (χ0v) is 18.2. The molecule has 2 aromatic heterocycles. The second-order valence-electron chi connectivity index (χ2n) is 8.27. The van der Waals surface area contributed by atoms with E-state index in [-0.39, 0.29) is 25.9 Å². The molecule has 1 saturated heterocycles. The minimum atomic E-state index is -4.23. The van der Waals surface area contributed by atoms with Gasteiger partial charge in [-0.3, -0.25) is 4.68 Å². The summed E-state index contributed by atoms with van der Waals surface area (Å²) in [6.45, 7) is 0.105. The molecule has 3 heterocycles. The van der Waals surface area contributed by atoms with Crippen molar-refractivity contribution in [2.75, 3.05) is 18.4 Å². The molecule has 2 N–H and O–H groups in total. The molecule has 5 rings (SSSR count). The number of benzene rings is 2. The Morgan fingerprint density at radius 3 is 2.62 bits per heavy atom. The predicted molar refractivity (Wildman–Crippen MR) is 119 cm³/mol. The number of halogens is 3. The van der Waals surface area contributed by atoms with Crippen LogP contribution < -0.4 is 5.32 Å². The van der Waals surface area contributed by atoms with Gasteiger partial charge in [-0.15, -0.1) is 10.2 Å². The van der Waals surface area contributed by atoms with Gasteiger partial charge in [0.25, 0.3) is 0 Å². The van der Waals surface area contributed by atoms with Crippen LogP contribution in [-0.2, 0) is 7.05 Å². The highest BCUT2D eigenvalue weighted by Gasteiger charge is 2.41. The number of nitrogens with one attached hydrogen (secondary N) is 2. The van der Waals surface area contributed by atoms with Gasteiger partial charge in [-0.2, -0.15) is 23.5 Å². The van der Waals surface area contributed by atoms with Gasteiger partial charge < -0.3 is 10.2 Å². The fourth-order valence-corrected chi connectivity index (χ4v) is 4.28. The first-order chi connectivity index (χ1) is 16.3. The summed E-state index contributed by atoms with van der Waals surface area (Å²) in [6.07, 6.45) is -2.64. The molecule has 0 unspecified atom stereocenters. The predicted octanol–water partition coefficient (Wildman–Crippen LogP) is 4.23. The van der Waals surface area contributed by atoms with Gasteiger partial charge in [-0.05, 0) is 53.4 Å². The van der Waals surface area contributed by atoms with E-state index < -0.39 is 18.1 Å². The Bertz CT molecular complexity index is 1320. The summed E-state index contributed by atoms with van der Waals surface area (Å²) in [5, 5.41) is 22.3. The van der Waals surface area contributed by atoms with Crippen LogP contribution in [0.25, 0.3) is 33.4 Å². The number of piperidine rings is 1. The number of aryl methyl sites for hydroxylation is 1. The van der Waals surface area contributed by atoms with Crippen LogP contribution in [0, 0.1) is 5.92 Å². The van der Waals surface area contributed by atoms with Crippen molar-refractivity contribution in [3.8, 4) is 22.5 Å². The van der Waals surface area contributed by atoms with Crippen molar-refractivity contribution in [3.05, 3.63) is 42.6 Å². The Balaban J connectivity index is 1.40. The first-order valence-corrected chi connectivity index (χ1v) is 10.7. The van der Waals surface area contributed by atoms with Crippen LogP contribution in [0.1, 0.15) is 12.8 Å². The van der Waals surface area contributed by atoms with E-state index in [0.29, 0.717) is 17.1 Å². The third-order valence-corrected chi connectivity index (χ3v) is 6.16. The summed E-state index contributed by atoms with van der Waals surface area (Å²) in [5.41, 5.74) is 3.85. The molecule has 0 spiro atoms. The van der Waals surface area contributed by atoms with Crippen molar-refractivity contribution in [3.63, 3.8) is 0 Å². The zero-order chi connectivity index (χ0) is 23.9. The fourth-order valence-electron chi connectivity index (χ4n) is 4.28. The number of anilines is 1. The molecular weight excluding hydrogens is 449 g/mol. The van der Waals surface area contributed by atoms with E-state index in [0.717, 1.165) is 22.0 Å². The van der Waals surface area contributed by atoms with E-state index in [9.17, 15) is 18.0 Å². The number of likely N-dealkylation sites (tertiary alicyclic amines) is 1. The Kier molecular flexibility index (Phi) is 5.42. The van der Waals surface area contributed by atoms with Crippen LogP contribution >= 0.6 is 0 Å². The Hall–Kier alpha value is -3.96. The van der Waals surface area contributed by atoms with E-state index in [1.54, 1.807) is 23.0 Å². The van der Waals surface area contributed by atoms with Crippen LogP contribution in [0.15, 0.2) is 42.6 Å². The molecule has 0 radical (unpaired) electrons. The number of rotatable bonds is 3. The molecule has 9 nitrogen and oxygen atoms in total. The molecule has 0 saturated carbocycles. The van der Waals surface area contributed by atoms with E-state index in [2.05, 4.69) is 31.0 Å². The highest BCUT2D eigenvalue weighted by atomic mass is 19.4. The van der Waals surface area contributed by atoms with E-state index in [4.69, 9.17) is 0 Å². The normalized spacial score (nSPS) is 15.1. The summed E-state index contributed by atoms with van der Waals surface area (Å²) in [4.78, 5) is 14.1. The first-order valence-electron chi connectivity index (χ1n) is 10.7. The van der Waals surface area contributed by atoms with Gasteiger partial charge in [0.1, 0.15) is 0 Å². The Labute approximate surface area is 191 Å². The van der Waals surface area contributed by atoms with Gasteiger partial charge in [-0.25, -0.2) is 4.79 Å². The van der Waals surface area contributed by atoms with Crippen LogP contribution in [-0.4, -0.2) is 60.6 Å². The van der Waals surface area contributed by atoms with Gasteiger partial charge in [0, 0.05) is 36.8 Å². The number of alkyl halides is 3.